The maximum absolute atomic E-state index is 13.8. The van der Waals surface area contributed by atoms with Gasteiger partial charge in [0.1, 0.15) is 12.1 Å². The molecular weight excluding hydrogens is 341 g/mol. The zero-order valence-electron chi connectivity index (χ0n) is 15.4. The van der Waals surface area contributed by atoms with E-state index in [2.05, 4.69) is 10.6 Å². The van der Waals surface area contributed by atoms with Gasteiger partial charge in [0.05, 0.1) is 13.2 Å². The molecule has 0 aromatic heterocycles. The largest absolute Gasteiger partial charge is 0.494 e. The van der Waals surface area contributed by atoms with Gasteiger partial charge < -0.3 is 15.4 Å². The van der Waals surface area contributed by atoms with Crippen molar-refractivity contribution in [3.05, 3.63) is 29.6 Å². The number of amides is 4. The third kappa shape index (κ3) is 3.63. The van der Waals surface area contributed by atoms with E-state index in [9.17, 15) is 18.8 Å². The zero-order chi connectivity index (χ0) is 19.5. The highest BCUT2D eigenvalue weighted by Gasteiger charge is 2.49. The van der Waals surface area contributed by atoms with E-state index >= 15 is 0 Å². The Hall–Kier alpha value is -2.64. The summed E-state index contributed by atoms with van der Waals surface area (Å²) in [6, 6.07) is 3.32. The second-order valence-corrected chi connectivity index (χ2v) is 6.29. The number of urea groups is 1. The summed E-state index contributed by atoms with van der Waals surface area (Å²) in [6.45, 7) is 4.93. The van der Waals surface area contributed by atoms with Gasteiger partial charge in [0, 0.05) is 0 Å². The summed E-state index contributed by atoms with van der Waals surface area (Å²) in [5, 5.41) is 5.34. The summed E-state index contributed by atoms with van der Waals surface area (Å²) in [5.41, 5.74) is -0.396. The second kappa shape index (κ2) is 7.72. The molecular formula is C18H24FN3O4. The molecule has 26 heavy (non-hydrogen) atoms. The van der Waals surface area contributed by atoms with Gasteiger partial charge in [0.15, 0.2) is 11.6 Å². The number of rotatable bonds is 7. The lowest BCUT2D eigenvalue weighted by Gasteiger charge is -2.23. The summed E-state index contributed by atoms with van der Waals surface area (Å²) in [6.07, 6.45) is 0.904. The van der Waals surface area contributed by atoms with Gasteiger partial charge in [-0.3, -0.25) is 14.5 Å². The number of halogens is 1. The number of nitrogens with one attached hydrogen (secondary N) is 2. The predicted molar refractivity (Wildman–Crippen MR) is 93.1 cm³/mol. The molecule has 7 nitrogen and oxygen atoms in total. The van der Waals surface area contributed by atoms with Crippen LogP contribution in [0.2, 0.25) is 0 Å². The van der Waals surface area contributed by atoms with E-state index in [-0.39, 0.29) is 12.3 Å². The molecule has 1 atom stereocenters. The van der Waals surface area contributed by atoms with Crippen LogP contribution in [-0.2, 0) is 9.59 Å². The number of benzene rings is 1. The maximum atomic E-state index is 13.8. The molecule has 0 bridgehead atoms. The minimum absolute atomic E-state index is 0.113. The highest BCUT2D eigenvalue weighted by atomic mass is 19.1. The Bertz CT molecular complexity index is 718. The topological polar surface area (TPSA) is 87.7 Å². The van der Waals surface area contributed by atoms with Crippen molar-refractivity contribution in [1.82, 2.24) is 15.5 Å². The number of hydrogen-bond acceptors (Lipinski definition) is 4. The summed E-state index contributed by atoms with van der Waals surface area (Å²) in [7, 11) is 1.37. The Morgan fingerprint density at radius 1 is 1.35 bits per heavy atom. The molecule has 4 amide bonds. The van der Waals surface area contributed by atoms with Crippen LogP contribution in [0.3, 0.4) is 0 Å². The first-order valence-electron chi connectivity index (χ1n) is 8.54. The fourth-order valence-corrected chi connectivity index (χ4v) is 3.02. The molecule has 1 fully saturated rings. The van der Waals surface area contributed by atoms with E-state index in [4.69, 9.17) is 4.74 Å². The molecule has 1 aliphatic heterocycles. The van der Waals surface area contributed by atoms with Crippen molar-refractivity contribution in [3.63, 3.8) is 0 Å². The van der Waals surface area contributed by atoms with Gasteiger partial charge in [-0.05, 0) is 37.5 Å². The van der Waals surface area contributed by atoms with Crippen molar-refractivity contribution in [1.29, 1.82) is 0 Å². The van der Waals surface area contributed by atoms with Crippen molar-refractivity contribution in [2.45, 2.75) is 45.2 Å². The first-order chi connectivity index (χ1) is 12.3. The van der Waals surface area contributed by atoms with Crippen LogP contribution in [0.1, 0.15) is 45.2 Å². The van der Waals surface area contributed by atoms with Gasteiger partial charge in [-0.1, -0.05) is 19.9 Å². The molecule has 2 N–H and O–H groups in total. The zero-order valence-corrected chi connectivity index (χ0v) is 15.4. The van der Waals surface area contributed by atoms with Gasteiger partial charge in [0.25, 0.3) is 5.91 Å². The predicted octanol–water partition coefficient (Wildman–Crippen LogP) is 2.12. The van der Waals surface area contributed by atoms with Crippen LogP contribution in [0, 0.1) is 5.82 Å². The number of methoxy groups -OCH3 is 1. The highest BCUT2D eigenvalue weighted by Crippen LogP contribution is 2.25. The average molecular weight is 365 g/mol. The third-order valence-electron chi connectivity index (χ3n) is 4.81. The molecule has 1 unspecified atom stereocenters. The smallest absolute Gasteiger partial charge is 0.325 e. The van der Waals surface area contributed by atoms with E-state index < -0.39 is 35.2 Å². The lowest BCUT2D eigenvalue weighted by Crippen LogP contribution is -2.46. The van der Waals surface area contributed by atoms with Crippen molar-refractivity contribution in [2.24, 2.45) is 0 Å². The van der Waals surface area contributed by atoms with Crippen LogP contribution in [0.15, 0.2) is 18.2 Å². The van der Waals surface area contributed by atoms with E-state index in [0.29, 0.717) is 18.4 Å². The molecule has 0 saturated carbocycles. The van der Waals surface area contributed by atoms with Crippen LogP contribution in [0.5, 0.6) is 5.75 Å². The number of carbonyl (C=O) groups is 3. The second-order valence-electron chi connectivity index (χ2n) is 6.29. The Morgan fingerprint density at radius 3 is 2.50 bits per heavy atom. The number of carbonyl (C=O) groups excluding carboxylic acids is 3. The summed E-state index contributed by atoms with van der Waals surface area (Å²) >= 11 is 0. The Balaban J connectivity index is 2.03. The highest BCUT2D eigenvalue weighted by molar-refractivity contribution is 6.09. The van der Waals surface area contributed by atoms with Crippen molar-refractivity contribution < 1.29 is 23.5 Å². The molecule has 1 aliphatic rings. The van der Waals surface area contributed by atoms with E-state index in [1.807, 2.05) is 13.8 Å². The van der Waals surface area contributed by atoms with Crippen LogP contribution >= 0.6 is 0 Å². The normalized spacial score (nSPS) is 17.0. The van der Waals surface area contributed by atoms with E-state index in [1.54, 1.807) is 13.0 Å². The third-order valence-corrected chi connectivity index (χ3v) is 4.81. The molecule has 8 heteroatoms. The fraction of sp³-hybridized carbons (Fsp3) is 0.500. The minimum Gasteiger partial charge on any atom is -0.494 e. The van der Waals surface area contributed by atoms with Crippen molar-refractivity contribution in [2.75, 3.05) is 13.7 Å². The molecule has 0 spiro atoms. The molecule has 0 radical (unpaired) electrons. The van der Waals surface area contributed by atoms with Crippen LogP contribution in [-0.4, -0.2) is 41.9 Å². The van der Waals surface area contributed by atoms with Crippen molar-refractivity contribution >= 4 is 17.8 Å². The SMILES string of the molecule is CCC1(CC)NC(=O)N(CC(=O)NC(C)c2ccc(OC)c(F)c2)C1=O. The average Bonchev–Trinajstić information content (AvgIpc) is 2.86. The van der Waals surface area contributed by atoms with Crippen LogP contribution < -0.4 is 15.4 Å². The number of imide groups is 1. The molecule has 1 saturated heterocycles. The number of ether oxygens (including phenoxy) is 1. The Labute approximate surface area is 151 Å². The lowest BCUT2D eigenvalue weighted by atomic mass is 9.93. The van der Waals surface area contributed by atoms with Gasteiger partial charge in [-0.15, -0.1) is 0 Å². The summed E-state index contributed by atoms with van der Waals surface area (Å²) in [5.74, 6) is -1.32. The Morgan fingerprint density at radius 2 is 2.00 bits per heavy atom. The molecule has 1 heterocycles. The first-order valence-corrected chi connectivity index (χ1v) is 8.54. The Kier molecular flexibility index (Phi) is 5.84. The van der Waals surface area contributed by atoms with Crippen LogP contribution in [0.25, 0.3) is 0 Å². The number of hydrogen-bond donors (Lipinski definition) is 2. The molecule has 142 valence electrons. The lowest BCUT2D eigenvalue weighted by molar-refractivity contribution is -0.135. The minimum atomic E-state index is -0.942. The summed E-state index contributed by atoms with van der Waals surface area (Å²) in [4.78, 5) is 37.8. The molecule has 2 rings (SSSR count). The first kappa shape index (κ1) is 19.7. The maximum Gasteiger partial charge on any atom is 0.325 e. The quantitative estimate of drug-likeness (QED) is 0.725. The molecule has 1 aromatic carbocycles. The van der Waals surface area contributed by atoms with Gasteiger partial charge in [-0.25, -0.2) is 9.18 Å². The van der Waals surface area contributed by atoms with Crippen LogP contribution in [0.4, 0.5) is 9.18 Å². The monoisotopic (exact) mass is 365 g/mol. The van der Waals surface area contributed by atoms with Crippen molar-refractivity contribution in [3.8, 4) is 5.75 Å². The standard InChI is InChI=1S/C18H24FN3O4/c1-5-18(6-2)16(24)22(17(25)21-18)10-15(23)20-11(3)12-7-8-14(26-4)13(19)9-12/h7-9,11H,5-6,10H2,1-4H3,(H,20,23)(H,21,25). The number of nitrogens with zero attached hydrogens (tertiary/aromatic N) is 1. The van der Waals surface area contributed by atoms with E-state index in [1.165, 1.54) is 19.2 Å². The summed E-state index contributed by atoms with van der Waals surface area (Å²) < 4.78 is 18.7. The van der Waals surface area contributed by atoms with E-state index in [0.717, 1.165) is 4.90 Å². The van der Waals surface area contributed by atoms with Gasteiger partial charge in [-0.2, -0.15) is 0 Å². The molecule has 0 aliphatic carbocycles. The van der Waals surface area contributed by atoms with Gasteiger partial charge in [0.2, 0.25) is 5.91 Å². The fourth-order valence-electron chi connectivity index (χ4n) is 3.02. The molecule has 1 aromatic rings. The van der Waals surface area contributed by atoms with Gasteiger partial charge >= 0.3 is 6.03 Å².